The van der Waals surface area contributed by atoms with Crippen LogP contribution in [0.25, 0.3) is 16.2 Å². The standard InChI is InChI=1S/C22H24F4N4OS/c1-30-8-7-17(16(23)12-30)29-18-4-2-3-14-15(9-22(24,25)26)20(32-21(14)18)6-5-19(31)13-10-27-28-11-13/h2-6,10-11,16-17,19,29,31H,7-9,12H2,1H3,(H,27,28)/b6-5+/t16-,17+,19?/m0/s1. The first kappa shape index (κ1) is 22.8. The number of rotatable bonds is 6. The summed E-state index contributed by atoms with van der Waals surface area (Å²) in [6, 6.07) is 4.72. The van der Waals surface area contributed by atoms with E-state index < -0.39 is 30.9 Å². The van der Waals surface area contributed by atoms with E-state index in [0.29, 0.717) is 39.2 Å². The number of hydrogen-bond acceptors (Lipinski definition) is 5. The number of benzene rings is 1. The summed E-state index contributed by atoms with van der Waals surface area (Å²) in [5.74, 6) is 0. The highest BCUT2D eigenvalue weighted by molar-refractivity contribution is 7.20. The van der Waals surface area contributed by atoms with Gasteiger partial charge in [-0.25, -0.2) is 4.39 Å². The lowest BCUT2D eigenvalue weighted by atomic mass is 10.0. The molecule has 0 amide bonds. The molecule has 5 nitrogen and oxygen atoms in total. The quantitative estimate of drug-likeness (QED) is 0.449. The van der Waals surface area contributed by atoms with Crippen LogP contribution >= 0.6 is 11.3 Å². The van der Waals surface area contributed by atoms with E-state index in [2.05, 4.69) is 15.5 Å². The second kappa shape index (κ2) is 9.21. The highest BCUT2D eigenvalue weighted by atomic mass is 32.1. The zero-order valence-electron chi connectivity index (χ0n) is 17.4. The van der Waals surface area contributed by atoms with Crippen LogP contribution in [0.5, 0.6) is 0 Å². The molecule has 3 aromatic rings. The third-order valence-electron chi connectivity index (χ3n) is 5.60. The molecule has 32 heavy (non-hydrogen) atoms. The van der Waals surface area contributed by atoms with Crippen LogP contribution in [0.15, 0.2) is 36.7 Å². The molecule has 1 aliphatic rings. The number of aliphatic hydroxyl groups excluding tert-OH is 1. The number of aromatic amines is 1. The number of piperidine rings is 1. The molecule has 1 fully saturated rings. The van der Waals surface area contributed by atoms with Crippen molar-refractivity contribution in [2.75, 3.05) is 25.5 Å². The van der Waals surface area contributed by atoms with Gasteiger partial charge in [0.2, 0.25) is 0 Å². The topological polar surface area (TPSA) is 64.2 Å². The molecule has 2 aromatic heterocycles. The van der Waals surface area contributed by atoms with E-state index in [9.17, 15) is 22.7 Å². The van der Waals surface area contributed by atoms with Gasteiger partial charge in [-0.15, -0.1) is 11.3 Å². The Hall–Kier alpha value is -2.43. The van der Waals surface area contributed by atoms with E-state index in [1.165, 1.54) is 35.9 Å². The molecule has 10 heteroatoms. The first-order valence-electron chi connectivity index (χ1n) is 10.3. The predicted octanol–water partition coefficient (Wildman–Crippen LogP) is 4.93. The summed E-state index contributed by atoms with van der Waals surface area (Å²) < 4.78 is 55.3. The monoisotopic (exact) mass is 468 g/mol. The van der Waals surface area contributed by atoms with Gasteiger partial charge in [0.05, 0.1) is 29.0 Å². The fourth-order valence-corrected chi connectivity index (χ4v) is 5.16. The molecule has 0 radical (unpaired) electrons. The Morgan fingerprint density at radius 2 is 2.22 bits per heavy atom. The fourth-order valence-electron chi connectivity index (χ4n) is 3.95. The van der Waals surface area contributed by atoms with Crippen LogP contribution in [0.2, 0.25) is 0 Å². The van der Waals surface area contributed by atoms with Crippen LogP contribution in [0.3, 0.4) is 0 Å². The summed E-state index contributed by atoms with van der Waals surface area (Å²) >= 11 is 1.20. The number of thiophene rings is 1. The van der Waals surface area contributed by atoms with Crippen LogP contribution < -0.4 is 5.32 Å². The Morgan fingerprint density at radius 3 is 2.91 bits per heavy atom. The molecular weight excluding hydrogens is 444 g/mol. The minimum absolute atomic E-state index is 0.150. The summed E-state index contributed by atoms with van der Waals surface area (Å²) in [6.45, 7) is 1.06. The Balaban J connectivity index is 1.69. The van der Waals surface area contributed by atoms with Crippen molar-refractivity contribution in [2.24, 2.45) is 0 Å². The Bertz CT molecular complexity index is 1080. The summed E-state index contributed by atoms with van der Waals surface area (Å²) in [7, 11) is 1.86. The third kappa shape index (κ3) is 5.13. The number of anilines is 1. The van der Waals surface area contributed by atoms with E-state index in [-0.39, 0.29) is 5.56 Å². The molecule has 1 unspecified atom stereocenters. The van der Waals surface area contributed by atoms with Gasteiger partial charge < -0.3 is 15.3 Å². The Kier molecular flexibility index (Phi) is 6.55. The first-order chi connectivity index (χ1) is 15.2. The molecule has 172 valence electrons. The number of nitrogens with zero attached hydrogens (tertiary/aromatic N) is 2. The number of alkyl halides is 4. The number of fused-ring (bicyclic) bond motifs is 1. The minimum atomic E-state index is -4.39. The highest BCUT2D eigenvalue weighted by Crippen LogP contribution is 2.40. The largest absolute Gasteiger partial charge is 0.393 e. The van der Waals surface area contributed by atoms with Gasteiger partial charge >= 0.3 is 6.18 Å². The minimum Gasteiger partial charge on any atom is -0.384 e. The zero-order valence-corrected chi connectivity index (χ0v) is 18.2. The van der Waals surface area contributed by atoms with Gasteiger partial charge in [-0.3, -0.25) is 5.10 Å². The Morgan fingerprint density at radius 1 is 1.41 bits per heavy atom. The average Bonchev–Trinajstić information content (AvgIpc) is 3.37. The predicted molar refractivity (Wildman–Crippen MR) is 119 cm³/mol. The van der Waals surface area contributed by atoms with E-state index in [1.807, 2.05) is 11.9 Å². The maximum absolute atomic E-state index is 14.5. The number of aliphatic hydroxyl groups is 1. The van der Waals surface area contributed by atoms with Gasteiger partial charge in [0.15, 0.2) is 0 Å². The second-order valence-corrected chi connectivity index (χ2v) is 9.12. The van der Waals surface area contributed by atoms with E-state index in [4.69, 9.17) is 0 Å². The maximum Gasteiger partial charge on any atom is 0.393 e. The average molecular weight is 469 g/mol. The highest BCUT2D eigenvalue weighted by Gasteiger charge is 2.32. The van der Waals surface area contributed by atoms with Crippen molar-refractivity contribution in [3.8, 4) is 0 Å². The van der Waals surface area contributed by atoms with Crippen molar-refractivity contribution >= 4 is 33.2 Å². The number of H-pyrrole nitrogens is 1. The molecule has 1 aromatic carbocycles. The van der Waals surface area contributed by atoms with Crippen LogP contribution in [0, 0.1) is 0 Å². The molecule has 3 N–H and O–H groups in total. The smallest absolute Gasteiger partial charge is 0.384 e. The molecule has 0 bridgehead atoms. The molecule has 0 saturated carbocycles. The van der Waals surface area contributed by atoms with Crippen LogP contribution in [-0.4, -0.2) is 58.7 Å². The number of hydrogen-bond donors (Lipinski definition) is 3. The van der Waals surface area contributed by atoms with Crippen molar-refractivity contribution < 1.29 is 22.7 Å². The SMILES string of the molecule is CN1CC[C@@H](Nc2cccc3c(CC(F)(F)F)c(/C=C/C(O)c4cn[nH]c4)sc23)[C@@H](F)C1. The van der Waals surface area contributed by atoms with Crippen molar-refractivity contribution in [2.45, 2.75) is 37.3 Å². The van der Waals surface area contributed by atoms with Gasteiger partial charge in [-0.05, 0) is 36.6 Å². The number of nitrogens with one attached hydrogen (secondary N) is 2. The molecule has 0 spiro atoms. The summed E-state index contributed by atoms with van der Waals surface area (Å²) in [5, 5.41) is 20.3. The van der Waals surface area contributed by atoms with Crippen LogP contribution in [0.1, 0.15) is 28.5 Å². The molecule has 0 aliphatic carbocycles. The molecule has 4 rings (SSSR count). The van der Waals surface area contributed by atoms with Gasteiger partial charge in [-0.1, -0.05) is 18.2 Å². The second-order valence-electron chi connectivity index (χ2n) is 8.07. The van der Waals surface area contributed by atoms with Crippen LogP contribution in [0.4, 0.5) is 23.2 Å². The van der Waals surface area contributed by atoms with Crippen molar-refractivity contribution in [1.29, 1.82) is 0 Å². The molecule has 1 aliphatic heterocycles. The van der Waals surface area contributed by atoms with Crippen molar-refractivity contribution in [3.63, 3.8) is 0 Å². The number of halogens is 4. The lowest BCUT2D eigenvalue weighted by Crippen LogP contribution is -2.46. The van der Waals surface area contributed by atoms with Crippen molar-refractivity contribution in [1.82, 2.24) is 15.1 Å². The zero-order chi connectivity index (χ0) is 22.9. The lowest BCUT2D eigenvalue weighted by molar-refractivity contribution is -0.126. The summed E-state index contributed by atoms with van der Waals surface area (Å²) in [6.07, 6.45) is -0.999. The molecule has 3 atom stereocenters. The lowest BCUT2D eigenvalue weighted by Gasteiger charge is -2.33. The van der Waals surface area contributed by atoms with E-state index >= 15 is 0 Å². The van der Waals surface area contributed by atoms with Gasteiger partial charge in [0.25, 0.3) is 0 Å². The third-order valence-corrected chi connectivity index (χ3v) is 6.85. The van der Waals surface area contributed by atoms with Crippen molar-refractivity contribution in [3.05, 3.63) is 52.7 Å². The summed E-state index contributed by atoms with van der Waals surface area (Å²) in [5.41, 5.74) is 1.29. The number of likely N-dealkylation sites (tertiary alicyclic amines) is 1. The summed E-state index contributed by atoms with van der Waals surface area (Å²) in [4.78, 5) is 2.33. The normalized spacial score (nSPS) is 21.4. The Labute approximate surface area is 186 Å². The maximum atomic E-state index is 14.5. The molecule has 1 saturated heterocycles. The van der Waals surface area contributed by atoms with Gasteiger partial charge in [-0.2, -0.15) is 18.3 Å². The number of aromatic nitrogens is 2. The molecular formula is C22H24F4N4OS. The van der Waals surface area contributed by atoms with E-state index in [0.717, 1.165) is 6.54 Å². The van der Waals surface area contributed by atoms with Gasteiger partial charge in [0.1, 0.15) is 12.3 Å². The first-order valence-corrected chi connectivity index (χ1v) is 11.1. The molecule has 3 heterocycles. The van der Waals surface area contributed by atoms with Gasteiger partial charge in [0, 0.05) is 29.7 Å². The van der Waals surface area contributed by atoms with Crippen LogP contribution in [-0.2, 0) is 6.42 Å². The fraction of sp³-hybridized carbons (Fsp3) is 0.409. The van der Waals surface area contributed by atoms with E-state index in [1.54, 1.807) is 18.2 Å².